The lowest BCUT2D eigenvalue weighted by Crippen LogP contribution is -2.30. The maximum Gasteiger partial charge on any atom is 0.233 e. The van der Waals surface area contributed by atoms with Gasteiger partial charge >= 0.3 is 0 Å². The van der Waals surface area contributed by atoms with Gasteiger partial charge in [-0.05, 0) is 31.0 Å². The van der Waals surface area contributed by atoms with Gasteiger partial charge in [0, 0.05) is 17.1 Å². The molecule has 17 heavy (non-hydrogen) atoms. The molecule has 0 saturated carbocycles. The van der Waals surface area contributed by atoms with Crippen LogP contribution in [-0.2, 0) is 4.79 Å². The number of nitrogens with two attached hydrogens (primary N) is 1. The number of rotatable bonds is 2. The largest absolute Gasteiger partial charge is 0.399 e. The van der Waals surface area contributed by atoms with Crippen LogP contribution in [0.2, 0.25) is 5.02 Å². The molecule has 1 aliphatic heterocycles. The fourth-order valence-corrected chi connectivity index (χ4v) is 3.21. The zero-order valence-electron chi connectivity index (χ0n) is 9.41. The van der Waals surface area contributed by atoms with Gasteiger partial charge in [-0.2, -0.15) is 0 Å². The highest BCUT2D eigenvalue weighted by molar-refractivity contribution is 8.00. The number of amides is 1. The Hall–Kier alpha value is -0.870. The van der Waals surface area contributed by atoms with Crippen LogP contribution >= 0.6 is 23.4 Å². The number of hydrogen-bond acceptors (Lipinski definition) is 3. The van der Waals surface area contributed by atoms with E-state index in [0.717, 1.165) is 30.7 Å². The van der Waals surface area contributed by atoms with E-state index < -0.39 is 0 Å². The third-order valence-electron chi connectivity index (χ3n) is 2.71. The topological polar surface area (TPSA) is 55.1 Å². The Kier molecular flexibility index (Phi) is 4.18. The quantitative estimate of drug-likeness (QED) is 0.813. The van der Waals surface area contributed by atoms with Crippen LogP contribution < -0.4 is 11.1 Å². The van der Waals surface area contributed by atoms with Gasteiger partial charge in [0.1, 0.15) is 0 Å². The fraction of sp³-hybridized carbons (Fsp3) is 0.417. The van der Waals surface area contributed by atoms with E-state index in [-0.39, 0.29) is 11.2 Å². The number of benzene rings is 1. The minimum atomic E-state index is -0.0429. The number of carbonyl (C=O) groups excluding carboxylic acids is 1. The van der Waals surface area contributed by atoms with E-state index >= 15 is 0 Å². The summed E-state index contributed by atoms with van der Waals surface area (Å²) in [7, 11) is 0. The molecule has 0 aliphatic carbocycles. The molecule has 0 radical (unpaired) electrons. The summed E-state index contributed by atoms with van der Waals surface area (Å²) in [6.07, 6.45) is 3.03. The molecule has 5 heteroatoms. The van der Waals surface area contributed by atoms with Crippen molar-refractivity contribution in [1.29, 1.82) is 0 Å². The zero-order chi connectivity index (χ0) is 12.3. The second-order valence-corrected chi connectivity index (χ2v) is 5.73. The van der Waals surface area contributed by atoms with Crippen molar-refractivity contribution >= 4 is 35.0 Å². The molecule has 1 aromatic rings. The average Bonchev–Trinajstić information content (AvgIpc) is 2.48. The normalized spacial score (nSPS) is 20.8. The van der Waals surface area contributed by atoms with Gasteiger partial charge in [-0.3, -0.25) is 4.79 Å². The van der Waals surface area contributed by atoms with Crippen LogP contribution in [0.5, 0.6) is 0 Å². The highest BCUT2D eigenvalue weighted by atomic mass is 35.5. The van der Waals surface area contributed by atoms with Crippen LogP contribution in [0.3, 0.4) is 0 Å². The van der Waals surface area contributed by atoms with Gasteiger partial charge in [-0.25, -0.2) is 0 Å². The first kappa shape index (κ1) is 12.6. The lowest BCUT2D eigenvalue weighted by atomic mass is 10.2. The predicted octanol–water partition coefficient (Wildman–Crippen LogP) is 2.68. The van der Waals surface area contributed by atoms with Gasteiger partial charge in [0.15, 0.2) is 0 Å². The lowest BCUT2D eigenvalue weighted by molar-refractivity contribution is -0.120. The van der Waals surface area contributed by atoms with Crippen LogP contribution in [0.4, 0.5) is 5.69 Å². The summed E-state index contributed by atoms with van der Waals surface area (Å²) in [4.78, 5) is 12.7. The maximum absolute atomic E-state index is 11.8. The standard InChI is InChI=1S/C12H15ClN2OS/c13-9-7-8(14)4-5-10(9)17-11-3-1-2-6-15-12(11)16/h4-5,7,11H,1-3,6,14H2,(H,15,16). The molecular weight excluding hydrogens is 256 g/mol. The van der Waals surface area contributed by atoms with Gasteiger partial charge in [0.2, 0.25) is 5.91 Å². The third kappa shape index (κ3) is 3.30. The number of carbonyl (C=O) groups is 1. The van der Waals surface area contributed by atoms with Crippen molar-refractivity contribution in [2.75, 3.05) is 12.3 Å². The Morgan fingerprint density at radius 2 is 2.24 bits per heavy atom. The summed E-state index contributed by atoms with van der Waals surface area (Å²) in [5, 5.41) is 3.49. The minimum absolute atomic E-state index is 0.0429. The van der Waals surface area contributed by atoms with Crippen molar-refractivity contribution < 1.29 is 4.79 Å². The van der Waals surface area contributed by atoms with Crippen molar-refractivity contribution in [3.63, 3.8) is 0 Å². The van der Waals surface area contributed by atoms with Crippen molar-refractivity contribution in [3.05, 3.63) is 23.2 Å². The molecule has 1 amide bonds. The van der Waals surface area contributed by atoms with Gasteiger partial charge in [-0.1, -0.05) is 18.0 Å². The van der Waals surface area contributed by atoms with E-state index in [4.69, 9.17) is 17.3 Å². The molecule has 3 N–H and O–H groups in total. The molecule has 0 spiro atoms. The maximum atomic E-state index is 11.8. The predicted molar refractivity (Wildman–Crippen MR) is 72.4 cm³/mol. The molecule has 1 atom stereocenters. The second kappa shape index (κ2) is 5.65. The number of anilines is 1. The number of halogens is 1. The Balaban J connectivity index is 2.10. The molecule has 1 unspecified atom stereocenters. The molecular formula is C12H15ClN2OS. The van der Waals surface area contributed by atoms with E-state index in [2.05, 4.69) is 5.32 Å². The Morgan fingerprint density at radius 1 is 1.41 bits per heavy atom. The van der Waals surface area contributed by atoms with E-state index in [1.165, 1.54) is 11.8 Å². The first-order valence-corrected chi connectivity index (χ1v) is 6.92. The Morgan fingerprint density at radius 3 is 3.00 bits per heavy atom. The van der Waals surface area contributed by atoms with Crippen molar-refractivity contribution in [2.45, 2.75) is 29.4 Å². The third-order valence-corrected chi connectivity index (χ3v) is 4.48. The first-order valence-electron chi connectivity index (χ1n) is 5.66. The molecule has 0 aromatic heterocycles. The first-order chi connectivity index (χ1) is 8.16. The van der Waals surface area contributed by atoms with E-state index in [0.29, 0.717) is 10.7 Å². The summed E-state index contributed by atoms with van der Waals surface area (Å²) < 4.78 is 0. The van der Waals surface area contributed by atoms with Gasteiger partial charge < -0.3 is 11.1 Å². The van der Waals surface area contributed by atoms with Crippen molar-refractivity contribution in [1.82, 2.24) is 5.32 Å². The summed E-state index contributed by atoms with van der Waals surface area (Å²) in [6, 6.07) is 5.40. The Labute approximate surface area is 110 Å². The summed E-state index contributed by atoms with van der Waals surface area (Å²) in [6.45, 7) is 0.783. The minimum Gasteiger partial charge on any atom is -0.399 e. The Bertz CT molecular complexity index is 425. The van der Waals surface area contributed by atoms with Crippen LogP contribution in [0, 0.1) is 0 Å². The highest BCUT2D eigenvalue weighted by Gasteiger charge is 2.22. The average molecular weight is 271 g/mol. The number of thioether (sulfide) groups is 1. The number of hydrogen-bond donors (Lipinski definition) is 2. The number of nitrogen functional groups attached to an aromatic ring is 1. The van der Waals surface area contributed by atoms with Gasteiger partial charge in [0.05, 0.1) is 10.3 Å². The molecule has 92 valence electrons. The molecule has 1 heterocycles. The summed E-state index contributed by atoms with van der Waals surface area (Å²) in [5.41, 5.74) is 6.28. The lowest BCUT2D eigenvalue weighted by Gasteiger charge is -2.13. The molecule has 1 aromatic carbocycles. The highest BCUT2D eigenvalue weighted by Crippen LogP contribution is 2.34. The zero-order valence-corrected chi connectivity index (χ0v) is 11.0. The van der Waals surface area contributed by atoms with Crippen LogP contribution in [0.15, 0.2) is 23.1 Å². The SMILES string of the molecule is Nc1ccc(SC2CCCCNC2=O)c(Cl)c1. The molecule has 1 saturated heterocycles. The van der Waals surface area contributed by atoms with Crippen LogP contribution in [0.25, 0.3) is 0 Å². The molecule has 3 nitrogen and oxygen atoms in total. The van der Waals surface area contributed by atoms with Crippen molar-refractivity contribution in [3.8, 4) is 0 Å². The molecule has 1 fully saturated rings. The summed E-state index contributed by atoms with van der Waals surface area (Å²) in [5.74, 6) is 0.111. The van der Waals surface area contributed by atoms with E-state index in [1.807, 2.05) is 12.1 Å². The monoisotopic (exact) mass is 270 g/mol. The van der Waals surface area contributed by atoms with Gasteiger partial charge in [-0.15, -0.1) is 11.8 Å². The van der Waals surface area contributed by atoms with Crippen LogP contribution in [-0.4, -0.2) is 17.7 Å². The fourth-order valence-electron chi connectivity index (χ4n) is 1.79. The molecule has 1 aliphatic rings. The van der Waals surface area contributed by atoms with E-state index in [1.54, 1.807) is 6.07 Å². The molecule has 0 bridgehead atoms. The smallest absolute Gasteiger partial charge is 0.233 e. The second-order valence-electron chi connectivity index (χ2n) is 4.08. The summed E-state index contributed by atoms with van der Waals surface area (Å²) >= 11 is 7.63. The van der Waals surface area contributed by atoms with Crippen molar-refractivity contribution in [2.24, 2.45) is 0 Å². The molecule has 2 rings (SSSR count). The van der Waals surface area contributed by atoms with Crippen LogP contribution in [0.1, 0.15) is 19.3 Å². The van der Waals surface area contributed by atoms with Gasteiger partial charge in [0.25, 0.3) is 0 Å². The number of nitrogens with one attached hydrogen (secondary N) is 1. The van der Waals surface area contributed by atoms with E-state index in [9.17, 15) is 4.79 Å².